The van der Waals surface area contributed by atoms with E-state index in [4.69, 9.17) is 4.42 Å². The molecule has 1 saturated carbocycles. The number of piperidine rings is 1. The summed E-state index contributed by atoms with van der Waals surface area (Å²) in [6.45, 7) is 3.21. The zero-order valence-electron chi connectivity index (χ0n) is 12.6. The van der Waals surface area contributed by atoms with Crippen molar-refractivity contribution >= 4 is 5.91 Å². The number of aromatic nitrogens is 4. The van der Waals surface area contributed by atoms with Crippen LogP contribution in [-0.2, 0) is 0 Å². The minimum absolute atomic E-state index is 0.0651. The molecule has 1 amide bonds. The molecule has 7 heteroatoms. The van der Waals surface area contributed by atoms with Gasteiger partial charge in [0.1, 0.15) is 5.82 Å². The van der Waals surface area contributed by atoms with Gasteiger partial charge in [-0.2, -0.15) is 5.10 Å². The molecular weight excluding hydrogens is 282 g/mol. The summed E-state index contributed by atoms with van der Waals surface area (Å²) in [7, 11) is 0. The molecule has 0 spiro atoms. The third kappa shape index (κ3) is 2.40. The van der Waals surface area contributed by atoms with Gasteiger partial charge in [-0.25, -0.2) is 9.97 Å². The van der Waals surface area contributed by atoms with Crippen LogP contribution in [0.4, 0.5) is 0 Å². The zero-order valence-corrected chi connectivity index (χ0v) is 12.6. The van der Waals surface area contributed by atoms with Gasteiger partial charge < -0.3 is 9.32 Å². The van der Waals surface area contributed by atoms with Gasteiger partial charge in [-0.05, 0) is 32.6 Å². The van der Waals surface area contributed by atoms with Gasteiger partial charge in [0.25, 0.3) is 5.91 Å². The maximum atomic E-state index is 12.4. The van der Waals surface area contributed by atoms with Gasteiger partial charge in [-0.3, -0.25) is 9.89 Å². The lowest BCUT2D eigenvalue weighted by Gasteiger charge is -2.30. The van der Waals surface area contributed by atoms with E-state index in [0.29, 0.717) is 36.4 Å². The summed E-state index contributed by atoms with van der Waals surface area (Å²) >= 11 is 0. The van der Waals surface area contributed by atoms with Crippen molar-refractivity contribution in [1.82, 2.24) is 25.1 Å². The monoisotopic (exact) mass is 301 g/mol. The lowest BCUT2D eigenvalue weighted by atomic mass is 9.96. The number of aryl methyl sites for hydroxylation is 1. The first-order chi connectivity index (χ1) is 10.7. The van der Waals surface area contributed by atoms with Crippen LogP contribution in [0.3, 0.4) is 0 Å². The summed E-state index contributed by atoms with van der Waals surface area (Å²) in [5, 5.41) is 7.40. The fourth-order valence-electron chi connectivity index (χ4n) is 3.00. The summed E-state index contributed by atoms with van der Waals surface area (Å²) in [5.41, 5.74) is 0.649. The molecular formula is C15H19N5O2. The molecule has 1 saturated heterocycles. The van der Waals surface area contributed by atoms with Gasteiger partial charge in [0.15, 0.2) is 12.2 Å². The minimum Gasteiger partial charge on any atom is -0.438 e. The zero-order chi connectivity index (χ0) is 15.1. The van der Waals surface area contributed by atoms with Crippen molar-refractivity contribution in [3.05, 3.63) is 29.5 Å². The Hall–Kier alpha value is -2.18. The van der Waals surface area contributed by atoms with E-state index in [-0.39, 0.29) is 5.91 Å². The summed E-state index contributed by atoms with van der Waals surface area (Å²) in [4.78, 5) is 22.8. The summed E-state index contributed by atoms with van der Waals surface area (Å²) in [6.07, 6.45) is 5.54. The highest BCUT2D eigenvalue weighted by Crippen LogP contribution is 2.38. The van der Waals surface area contributed by atoms with Crippen LogP contribution in [-0.4, -0.2) is 44.1 Å². The Balaban J connectivity index is 1.39. The number of amides is 1. The minimum atomic E-state index is -0.0651. The first-order valence-electron chi connectivity index (χ1n) is 7.84. The second kappa shape index (κ2) is 5.23. The number of nitrogens with one attached hydrogen (secondary N) is 1. The van der Waals surface area contributed by atoms with Crippen molar-refractivity contribution in [2.45, 2.75) is 44.4 Å². The number of likely N-dealkylation sites (tertiary alicyclic amines) is 1. The van der Waals surface area contributed by atoms with Gasteiger partial charge >= 0.3 is 0 Å². The van der Waals surface area contributed by atoms with E-state index in [2.05, 4.69) is 20.2 Å². The molecule has 1 aliphatic carbocycles. The van der Waals surface area contributed by atoms with Gasteiger partial charge in [0.2, 0.25) is 5.76 Å². The highest BCUT2D eigenvalue weighted by molar-refractivity contribution is 5.92. The maximum Gasteiger partial charge on any atom is 0.291 e. The van der Waals surface area contributed by atoms with Crippen LogP contribution in [0.25, 0.3) is 0 Å². The molecule has 7 nitrogen and oxygen atoms in total. The van der Waals surface area contributed by atoms with E-state index in [0.717, 1.165) is 24.5 Å². The maximum absolute atomic E-state index is 12.4. The van der Waals surface area contributed by atoms with Crippen LogP contribution in [0.1, 0.15) is 65.4 Å². The largest absolute Gasteiger partial charge is 0.438 e. The van der Waals surface area contributed by atoms with Crippen molar-refractivity contribution < 1.29 is 9.21 Å². The molecule has 4 rings (SSSR count). The number of carbonyl (C=O) groups excluding carboxylic acids is 1. The topological polar surface area (TPSA) is 87.9 Å². The predicted molar refractivity (Wildman–Crippen MR) is 77.5 cm³/mol. The molecule has 2 fully saturated rings. The molecule has 0 radical (unpaired) electrons. The number of hydrogen-bond acceptors (Lipinski definition) is 5. The number of carbonyl (C=O) groups is 1. The Kier molecular flexibility index (Phi) is 3.20. The van der Waals surface area contributed by atoms with Crippen LogP contribution in [0.15, 0.2) is 10.8 Å². The van der Waals surface area contributed by atoms with Crippen molar-refractivity contribution in [1.29, 1.82) is 0 Å². The Labute approximate surface area is 128 Å². The van der Waals surface area contributed by atoms with Crippen LogP contribution in [0, 0.1) is 6.92 Å². The molecule has 2 aliphatic rings. The molecule has 1 aliphatic heterocycles. The van der Waals surface area contributed by atoms with Crippen molar-refractivity contribution in [2.24, 2.45) is 0 Å². The third-order valence-corrected chi connectivity index (χ3v) is 4.57. The standard InChI is InChI=1S/C15H19N5O2/c1-9-12(22-8-16-9)15(21)20-6-4-11(5-7-20)14-17-13(18-19-14)10-2-3-10/h8,10-11H,2-7H2,1H3,(H,17,18,19). The van der Waals surface area contributed by atoms with E-state index in [1.807, 2.05) is 4.90 Å². The molecule has 22 heavy (non-hydrogen) atoms. The Morgan fingerprint density at radius 3 is 2.68 bits per heavy atom. The highest BCUT2D eigenvalue weighted by atomic mass is 16.3. The molecule has 3 heterocycles. The second-order valence-corrected chi connectivity index (χ2v) is 6.19. The molecule has 1 N–H and O–H groups in total. The van der Waals surface area contributed by atoms with E-state index in [1.165, 1.54) is 19.2 Å². The van der Waals surface area contributed by atoms with Gasteiger partial charge in [0.05, 0.1) is 5.69 Å². The van der Waals surface area contributed by atoms with Gasteiger partial charge in [-0.1, -0.05) is 0 Å². The first-order valence-corrected chi connectivity index (χ1v) is 7.84. The van der Waals surface area contributed by atoms with E-state index in [1.54, 1.807) is 6.92 Å². The summed E-state index contributed by atoms with van der Waals surface area (Å²) < 4.78 is 5.20. The number of nitrogens with zero attached hydrogens (tertiary/aromatic N) is 4. The fraction of sp³-hybridized carbons (Fsp3) is 0.600. The Morgan fingerprint density at radius 2 is 2.05 bits per heavy atom. The van der Waals surface area contributed by atoms with E-state index >= 15 is 0 Å². The Bertz CT molecular complexity index is 680. The fourth-order valence-corrected chi connectivity index (χ4v) is 3.00. The van der Waals surface area contributed by atoms with Crippen molar-refractivity contribution in [3.63, 3.8) is 0 Å². The second-order valence-electron chi connectivity index (χ2n) is 6.19. The highest BCUT2D eigenvalue weighted by Gasteiger charge is 2.31. The molecule has 0 atom stereocenters. The number of rotatable bonds is 3. The average Bonchev–Trinajstić information content (AvgIpc) is 3.12. The smallest absolute Gasteiger partial charge is 0.291 e. The Morgan fingerprint density at radius 1 is 1.27 bits per heavy atom. The van der Waals surface area contributed by atoms with Crippen LogP contribution < -0.4 is 0 Å². The third-order valence-electron chi connectivity index (χ3n) is 4.57. The predicted octanol–water partition coefficient (Wildman–Crippen LogP) is 2.00. The van der Waals surface area contributed by atoms with Crippen molar-refractivity contribution in [2.75, 3.05) is 13.1 Å². The van der Waals surface area contributed by atoms with Gasteiger partial charge in [-0.15, -0.1) is 0 Å². The molecule has 0 aromatic carbocycles. The summed E-state index contributed by atoms with van der Waals surface area (Å²) in [6, 6.07) is 0. The number of H-pyrrole nitrogens is 1. The first kappa shape index (κ1) is 13.5. The molecule has 116 valence electrons. The quantitative estimate of drug-likeness (QED) is 0.936. The summed E-state index contributed by atoms with van der Waals surface area (Å²) in [5.74, 6) is 3.16. The average molecular weight is 301 g/mol. The molecule has 2 aromatic heterocycles. The molecule has 2 aromatic rings. The van der Waals surface area contributed by atoms with Crippen molar-refractivity contribution in [3.8, 4) is 0 Å². The van der Waals surface area contributed by atoms with E-state index in [9.17, 15) is 4.79 Å². The number of oxazole rings is 1. The van der Waals surface area contributed by atoms with Gasteiger partial charge in [0, 0.05) is 24.9 Å². The van der Waals surface area contributed by atoms with E-state index < -0.39 is 0 Å². The SMILES string of the molecule is Cc1ncoc1C(=O)N1CCC(c2nc(C3CC3)n[nH]2)CC1. The normalized spacial score (nSPS) is 19.6. The molecule has 0 bridgehead atoms. The van der Waals surface area contributed by atoms with Crippen LogP contribution in [0.2, 0.25) is 0 Å². The van der Waals surface area contributed by atoms with Crippen LogP contribution in [0.5, 0.6) is 0 Å². The lowest BCUT2D eigenvalue weighted by molar-refractivity contribution is 0.0678. The number of hydrogen-bond donors (Lipinski definition) is 1. The number of aromatic amines is 1. The lowest BCUT2D eigenvalue weighted by Crippen LogP contribution is -2.38. The van der Waals surface area contributed by atoms with Crippen LogP contribution >= 0.6 is 0 Å². The molecule has 0 unspecified atom stereocenters.